The molecule has 3 rings (SSSR count). The summed E-state index contributed by atoms with van der Waals surface area (Å²) < 4.78 is 7.60. The molecule has 0 unspecified atom stereocenters. The van der Waals surface area contributed by atoms with Gasteiger partial charge in [-0.1, -0.05) is 12.1 Å². The van der Waals surface area contributed by atoms with Crippen molar-refractivity contribution in [3.63, 3.8) is 0 Å². The van der Waals surface area contributed by atoms with Crippen LogP contribution >= 0.6 is 0 Å². The number of furan rings is 1. The zero-order valence-electron chi connectivity index (χ0n) is 11.4. The zero-order valence-corrected chi connectivity index (χ0v) is 11.4. The van der Waals surface area contributed by atoms with Gasteiger partial charge in [0.05, 0.1) is 12.9 Å². The Hall–Kier alpha value is -2.49. The highest BCUT2D eigenvalue weighted by atomic mass is 16.3. The Morgan fingerprint density at radius 3 is 2.95 bits per heavy atom. The van der Waals surface area contributed by atoms with Crippen molar-refractivity contribution >= 4 is 5.69 Å². The molecule has 4 heteroatoms. The lowest BCUT2D eigenvalue weighted by Crippen LogP contribution is -2.00. The van der Waals surface area contributed by atoms with Crippen molar-refractivity contribution in [3.05, 3.63) is 72.2 Å². The van der Waals surface area contributed by atoms with Crippen LogP contribution in [0.3, 0.4) is 0 Å². The first-order valence-electron chi connectivity index (χ1n) is 6.63. The molecule has 1 aromatic carbocycles. The molecule has 20 heavy (non-hydrogen) atoms. The number of anilines is 1. The molecule has 0 atom stereocenters. The second-order valence-corrected chi connectivity index (χ2v) is 4.80. The summed E-state index contributed by atoms with van der Waals surface area (Å²) in [7, 11) is 0. The van der Waals surface area contributed by atoms with Crippen LogP contribution in [-0.2, 0) is 13.1 Å². The summed E-state index contributed by atoms with van der Waals surface area (Å²) in [5.41, 5.74) is 2.33. The molecule has 0 bridgehead atoms. The Balaban J connectivity index is 1.65. The quantitative estimate of drug-likeness (QED) is 0.770. The van der Waals surface area contributed by atoms with Gasteiger partial charge in [-0.05, 0) is 36.8 Å². The largest absolute Gasteiger partial charge is 0.465 e. The van der Waals surface area contributed by atoms with Crippen molar-refractivity contribution in [2.75, 3.05) is 5.32 Å². The molecule has 102 valence electrons. The van der Waals surface area contributed by atoms with Crippen LogP contribution in [0, 0.1) is 6.92 Å². The molecule has 0 aliphatic heterocycles. The summed E-state index contributed by atoms with van der Waals surface area (Å²) in [4.78, 5) is 4.05. The number of hydrogen-bond donors (Lipinski definition) is 1. The highest BCUT2D eigenvalue weighted by Gasteiger charge is 2.00. The topological polar surface area (TPSA) is 43.0 Å². The monoisotopic (exact) mass is 267 g/mol. The molecule has 0 aliphatic rings. The van der Waals surface area contributed by atoms with E-state index in [-0.39, 0.29) is 0 Å². The van der Waals surface area contributed by atoms with Crippen molar-refractivity contribution in [3.8, 4) is 0 Å². The molecular formula is C16H17N3O. The highest BCUT2D eigenvalue weighted by Crippen LogP contribution is 2.14. The maximum atomic E-state index is 5.55. The van der Waals surface area contributed by atoms with Crippen molar-refractivity contribution in [2.24, 2.45) is 0 Å². The van der Waals surface area contributed by atoms with Gasteiger partial charge in [0.15, 0.2) is 0 Å². The first-order chi connectivity index (χ1) is 9.79. The number of hydrogen-bond acceptors (Lipinski definition) is 3. The van der Waals surface area contributed by atoms with E-state index in [0.717, 1.165) is 23.8 Å². The van der Waals surface area contributed by atoms with Gasteiger partial charge in [-0.15, -0.1) is 0 Å². The Labute approximate surface area is 118 Å². The van der Waals surface area contributed by atoms with E-state index in [9.17, 15) is 0 Å². The summed E-state index contributed by atoms with van der Waals surface area (Å²) in [6.45, 7) is 3.48. The third-order valence-electron chi connectivity index (χ3n) is 3.11. The van der Waals surface area contributed by atoms with Gasteiger partial charge in [0.1, 0.15) is 11.5 Å². The predicted molar refractivity (Wildman–Crippen MR) is 78.5 cm³/mol. The molecule has 0 saturated heterocycles. The van der Waals surface area contributed by atoms with Gasteiger partial charge in [0, 0.05) is 24.6 Å². The standard InChI is InChI=1S/C16H17N3O/c1-13-5-6-16(20-13)10-18-15-4-2-3-14(9-15)11-19-8-7-17-12-19/h2-9,12,18H,10-11H2,1H3. The molecule has 0 fully saturated rings. The normalized spacial score (nSPS) is 10.7. The van der Waals surface area contributed by atoms with Crippen molar-refractivity contribution < 1.29 is 4.42 Å². The lowest BCUT2D eigenvalue weighted by Gasteiger charge is -2.08. The summed E-state index contributed by atoms with van der Waals surface area (Å²) in [5, 5.41) is 3.38. The molecule has 0 radical (unpaired) electrons. The van der Waals surface area contributed by atoms with Crippen LogP contribution in [0.5, 0.6) is 0 Å². The van der Waals surface area contributed by atoms with E-state index >= 15 is 0 Å². The van der Waals surface area contributed by atoms with Gasteiger partial charge >= 0.3 is 0 Å². The molecule has 4 nitrogen and oxygen atoms in total. The van der Waals surface area contributed by atoms with Gasteiger partial charge < -0.3 is 14.3 Å². The van der Waals surface area contributed by atoms with E-state index in [1.807, 2.05) is 31.6 Å². The van der Waals surface area contributed by atoms with Crippen LogP contribution in [0.2, 0.25) is 0 Å². The summed E-state index contributed by atoms with van der Waals surface area (Å²) >= 11 is 0. The van der Waals surface area contributed by atoms with Crippen molar-refractivity contribution in [1.82, 2.24) is 9.55 Å². The van der Waals surface area contributed by atoms with E-state index in [4.69, 9.17) is 4.42 Å². The third kappa shape index (κ3) is 3.09. The van der Waals surface area contributed by atoms with Gasteiger partial charge in [0.25, 0.3) is 0 Å². The van der Waals surface area contributed by atoms with Crippen LogP contribution in [0.25, 0.3) is 0 Å². The first kappa shape index (κ1) is 12.5. The fourth-order valence-electron chi connectivity index (χ4n) is 2.14. The average Bonchev–Trinajstić information content (AvgIpc) is 3.09. The molecule has 1 N–H and O–H groups in total. The Kier molecular flexibility index (Phi) is 3.54. The smallest absolute Gasteiger partial charge is 0.123 e. The fraction of sp³-hybridized carbons (Fsp3) is 0.188. The number of aromatic nitrogens is 2. The average molecular weight is 267 g/mol. The van der Waals surface area contributed by atoms with Crippen LogP contribution in [0.1, 0.15) is 17.1 Å². The number of aryl methyl sites for hydroxylation is 1. The Morgan fingerprint density at radius 1 is 1.25 bits per heavy atom. The molecule has 0 amide bonds. The summed E-state index contributed by atoms with van der Waals surface area (Å²) in [6.07, 6.45) is 5.58. The maximum absolute atomic E-state index is 5.55. The Bertz CT molecular complexity index is 671. The van der Waals surface area contributed by atoms with E-state index < -0.39 is 0 Å². The predicted octanol–water partition coefficient (Wildman–Crippen LogP) is 3.44. The molecule has 0 aliphatic carbocycles. The zero-order chi connectivity index (χ0) is 13.8. The minimum atomic E-state index is 0.697. The van der Waals surface area contributed by atoms with Crippen LogP contribution in [0.15, 0.2) is 59.5 Å². The van der Waals surface area contributed by atoms with Crippen LogP contribution in [-0.4, -0.2) is 9.55 Å². The lowest BCUT2D eigenvalue weighted by molar-refractivity contribution is 0.490. The van der Waals surface area contributed by atoms with Gasteiger partial charge in [-0.3, -0.25) is 0 Å². The maximum Gasteiger partial charge on any atom is 0.123 e. The van der Waals surface area contributed by atoms with Gasteiger partial charge in [-0.2, -0.15) is 0 Å². The third-order valence-corrected chi connectivity index (χ3v) is 3.11. The molecule has 0 saturated carbocycles. The number of rotatable bonds is 5. The van der Waals surface area contributed by atoms with E-state index in [0.29, 0.717) is 6.54 Å². The second kappa shape index (κ2) is 5.65. The van der Waals surface area contributed by atoms with E-state index in [2.05, 4.69) is 39.1 Å². The van der Waals surface area contributed by atoms with Crippen molar-refractivity contribution in [2.45, 2.75) is 20.0 Å². The van der Waals surface area contributed by atoms with Crippen LogP contribution < -0.4 is 5.32 Å². The van der Waals surface area contributed by atoms with E-state index in [1.54, 1.807) is 6.20 Å². The Morgan fingerprint density at radius 2 is 2.20 bits per heavy atom. The number of benzene rings is 1. The molecule has 3 aromatic rings. The molecule has 0 spiro atoms. The number of nitrogens with one attached hydrogen (secondary N) is 1. The highest BCUT2D eigenvalue weighted by molar-refractivity contribution is 5.46. The SMILES string of the molecule is Cc1ccc(CNc2cccc(Cn3ccnc3)c2)o1. The molecular weight excluding hydrogens is 250 g/mol. The minimum Gasteiger partial charge on any atom is -0.465 e. The lowest BCUT2D eigenvalue weighted by atomic mass is 10.2. The molecule has 2 heterocycles. The van der Waals surface area contributed by atoms with Gasteiger partial charge in [0.2, 0.25) is 0 Å². The van der Waals surface area contributed by atoms with Gasteiger partial charge in [-0.25, -0.2) is 4.98 Å². The number of imidazole rings is 1. The summed E-state index contributed by atoms with van der Waals surface area (Å²) in [6, 6.07) is 12.4. The van der Waals surface area contributed by atoms with Crippen LogP contribution in [0.4, 0.5) is 5.69 Å². The number of nitrogens with zero attached hydrogens (tertiary/aromatic N) is 2. The van der Waals surface area contributed by atoms with E-state index in [1.165, 1.54) is 5.56 Å². The summed E-state index contributed by atoms with van der Waals surface area (Å²) in [5.74, 6) is 1.89. The fourth-order valence-corrected chi connectivity index (χ4v) is 2.14. The molecule has 2 aromatic heterocycles. The first-order valence-corrected chi connectivity index (χ1v) is 6.63. The van der Waals surface area contributed by atoms with Crippen molar-refractivity contribution in [1.29, 1.82) is 0 Å². The minimum absolute atomic E-state index is 0.697. The second-order valence-electron chi connectivity index (χ2n) is 4.80.